The number of carboxylic acid groups (broad SMARTS) is 1. The second-order valence-electron chi connectivity index (χ2n) is 18.4. The molecule has 8 nitrogen and oxygen atoms in total. The Morgan fingerprint density at radius 2 is 0.875 bits per heavy atom. The van der Waals surface area contributed by atoms with E-state index in [-0.39, 0.29) is 42.7 Å². The van der Waals surface area contributed by atoms with Gasteiger partial charge < -0.3 is 23.8 Å². The lowest BCUT2D eigenvalue weighted by molar-refractivity contribution is -0.887. The summed E-state index contributed by atoms with van der Waals surface area (Å²) in [5, 5.41) is 9.65. The van der Waals surface area contributed by atoms with Crippen LogP contribution in [-0.2, 0) is 28.6 Å². The summed E-state index contributed by atoms with van der Waals surface area (Å²) >= 11 is 0. The minimum atomic E-state index is -0.886. The van der Waals surface area contributed by atoms with Gasteiger partial charge >= 0.3 is 17.9 Å². The molecule has 0 aliphatic carbocycles. The summed E-state index contributed by atoms with van der Waals surface area (Å²) < 4.78 is 17.3. The Morgan fingerprint density at radius 1 is 0.484 bits per heavy atom. The minimum absolute atomic E-state index is 0.0295. The van der Waals surface area contributed by atoms with Crippen LogP contribution in [0.25, 0.3) is 0 Å². The highest BCUT2D eigenvalue weighted by Gasteiger charge is 2.31. The third-order valence-electron chi connectivity index (χ3n) is 11.4. The van der Waals surface area contributed by atoms with E-state index in [1.807, 2.05) is 33.3 Å². The maximum atomic E-state index is 12.8. The number of carbonyl (C=O) groups excluding carboxylic acids is 2. The Bertz CT molecular complexity index is 1270. The van der Waals surface area contributed by atoms with E-state index in [0.717, 1.165) is 57.8 Å². The fourth-order valence-corrected chi connectivity index (χ4v) is 7.41. The lowest BCUT2D eigenvalue weighted by Crippen LogP contribution is -2.50. The summed E-state index contributed by atoms with van der Waals surface area (Å²) in [5.74, 6) is -1.57. The molecule has 0 saturated carbocycles. The molecule has 0 radical (unpaired) electrons. The van der Waals surface area contributed by atoms with Crippen LogP contribution in [0.15, 0.2) is 72.9 Å². The third kappa shape index (κ3) is 44.0. The van der Waals surface area contributed by atoms with E-state index in [9.17, 15) is 19.5 Å². The zero-order valence-corrected chi connectivity index (χ0v) is 42.0. The molecule has 368 valence electrons. The molecule has 0 bridgehead atoms. The molecule has 0 spiro atoms. The standard InChI is InChI=1S/C56H97NO7/c1-6-8-10-12-14-16-18-20-22-24-26-27-29-30-32-34-36-38-40-42-44-46-54(58)63-51-52(50-62-49-48-53(56(60)61)57(3,4)5)64-55(59)47-45-43-41-39-37-35-33-31-28-25-23-21-19-17-15-13-11-9-7-2/h9,11,15,17,21,23,28,31,35,37,41,43,52-53H,6-8,10,12-14,16,18-20,22,24-27,29-30,32-34,36,38-40,42,44-51H2,1-5H3/p+1/b11-9+,17-15+,23-21+,31-28+,37-35+,43-41+. The lowest BCUT2D eigenvalue weighted by atomic mass is 10.0. The lowest BCUT2D eigenvalue weighted by Gasteiger charge is -2.31. The van der Waals surface area contributed by atoms with E-state index in [4.69, 9.17) is 14.2 Å². The van der Waals surface area contributed by atoms with E-state index in [1.165, 1.54) is 116 Å². The largest absolute Gasteiger partial charge is 0.477 e. The molecule has 0 aromatic heterocycles. The molecule has 0 rings (SSSR count). The first-order valence-corrected chi connectivity index (χ1v) is 26.0. The van der Waals surface area contributed by atoms with Gasteiger partial charge in [0.25, 0.3) is 0 Å². The first-order chi connectivity index (χ1) is 31.1. The maximum absolute atomic E-state index is 12.8. The average molecular weight is 897 g/mol. The number of hydrogen-bond donors (Lipinski definition) is 1. The molecule has 2 unspecified atom stereocenters. The number of rotatable bonds is 46. The van der Waals surface area contributed by atoms with Crippen molar-refractivity contribution in [1.82, 2.24) is 0 Å². The fourth-order valence-electron chi connectivity index (χ4n) is 7.41. The van der Waals surface area contributed by atoms with Gasteiger partial charge in [0.15, 0.2) is 12.1 Å². The van der Waals surface area contributed by atoms with E-state index in [1.54, 1.807) is 0 Å². The van der Waals surface area contributed by atoms with Crippen molar-refractivity contribution in [3.63, 3.8) is 0 Å². The van der Waals surface area contributed by atoms with Crippen LogP contribution in [0, 0.1) is 0 Å². The monoisotopic (exact) mass is 897 g/mol. The number of carbonyl (C=O) groups is 3. The first-order valence-electron chi connectivity index (χ1n) is 26.0. The minimum Gasteiger partial charge on any atom is -0.477 e. The topological polar surface area (TPSA) is 99.1 Å². The van der Waals surface area contributed by atoms with Crippen LogP contribution in [0.4, 0.5) is 0 Å². The molecular weight excluding hydrogens is 799 g/mol. The molecule has 2 atom stereocenters. The Hall–Kier alpha value is -3.23. The Balaban J connectivity index is 4.32. The molecule has 1 N–H and O–H groups in total. The van der Waals surface area contributed by atoms with E-state index < -0.39 is 18.1 Å². The van der Waals surface area contributed by atoms with Gasteiger partial charge in [0.2, 0.25) is 0 Å². The molecule has 0 amide bonds. The van der Waals surface area contributed by atoms with Crippen LogP contribution in [0.2, 0.25) is 0 Å². The number of hydrogen-bond acceptors (Lipinski definition) is 6. The van der Waals surface area contributed by atoms with Crippen molar-refractivity contribution in [3.8, 4) is 0 Å². The van der Waals surface area contributed by atoms with Gasteiger partial charge in [0, 0.05) is 19.3 Å². The number of quaternary nitrogens is 1. The summed E-state index contributed by atoms with van der Waals surface area (Å²) in [4.78, 5) is 37.1. The van der Waals surface area contributed by atoms with Gasteiger partial charge in [0.05, 0.1) is 34.4 Å². The van der Waals surface area contributed by atoms with Crippen molar-refractivity contribution in [2.24, 2.45) is 0 Å². The molecule has 64 heavy (non-hydrogen) atoms. The van der Waals surface area contributed by atoms with Crippen molar-refractivity contribution in [1.29, 1.82) is 0 Å². The number of ether oxygens (including phenoxy) is 3. The van der Waals surface area contributed by atoms with Crippen molar-refractivity contribution in [2.45, 2.75) is 225 Å². The molecule has 0 fully saturated rings. The maximum Gasteiger partial charge on any atom is 0.362 e. The Morgan fingerprint density at radius 3 is 1.27 bits per heavy atom. The first kappa shape index (κ1) is 60.8. The molecule has 0 aromatic carbocycles. The van der Waals surface area contributed by atoms with Gasteiger partial charge in [-0.05, 0) is 51.4 Å². The highest BCUT2D eigenvalue weighted by Crippen LogP contribution is 2.16. The Kier molecular flexibility index (Phi) is 44.0. The number of nitrogens with zero attached hydrogens (tertiary/aromatic N) is 1. The zero-order chi connectivity index (χ0) is 47.0. The van der Waals surface area contributed by atoms with Crippen molar-refractivity contribution in [3.05, 3.63) is 72.9 Å². The van der Waals surface area contributed by atoms with Gasteiger partial charge in [-0.25, -0.2) is 4.79 Å². The van der Waals surface area contributed by atoms with Crippen LogP contribution in [0.5, 0.6) is 0 Å². The summed E-state index contributed by atoms with van der Waals surface area (Å²) in [6, 6.07) is -0.630. The third-order valence-corrected chi connectivity index (χ3v) is 11.4. The number of unbranched alkanes of at least 4 members (excludes halogenated alkanes) is 20. The highest BCUT2D eigenvalue weighted by molar-refractivity contribution is 5.72. The van der Waals surface area contributed by atoms with Crippen LogP contribution >= 0.6 is 0 Å². The molecule has 8 heteroatoms. The second-order valence-corrected chi connectivity index (χ2v) is 18.4. The number of allylic oxidation sites excluding steroid dienone is 12. The predicted molar refractivity (Wildman–Crippen MR) is 270 cm³/mol. The van der Waals surface area contributed by atoms with Gasteiger partial charge in [-0.1, -0.05) is 215 Å². The highest BCUT2D eigenvalue weighted by atomic mass is 16.6. The fraction of sp³-hybridized carbons (Fsp3) is 0.732. The predicted octanol–water partition coefficient (Wildman–Crippen LogP) is 15.1. The molecule has 0 saturated heterocycles. The summed E-state index contributed by atoms with van der Waals surface area (Å²) in [6.45, 7) is 4.56. The van der Waals surface area contributed by atoms with Gasteiger partial charge in [-0.3, -0.25) is 9.59 Å². The van der Waals surface area contributed by atoms with Crippen LogP contribution < -0.4 is 0 Å². The van der Waals surface area contributed by atoms with Crippen molar-refractivity contribution >= 4 is 17.9 Å². The van der Waals surface area contributed by atoms with Crippen LogP contribution in [-0.4, -0.2) is 80.6 Å². The smallest absolute Gasteiger partial charge is 0.362 e. The summed E-state index contributed by atoms with van der Waals surface area (Å²) in [6.07, 6.45) is 59.7. The molecule has 0 aromatic rings. The molecule has 0 heterocycles. The zero-order valence-electron chi connectivity index (χ0n) is 42.0. The van der Waals surface area contributed by atoms with Crippen LogP contribution in [0.1, 0.15) is 213 Å². The van der Waals surface area contributed by atoms with E-state index in [2.05, 4.69) is 74.6 Å². The Labute approximate surface area is 393 Å². The van der Waals surface area contributed by atoms with E-state index in [0.29, 0.717) is 19.3 Å². The normalized spacial score (nSPS) is 13.5. The molecule has 0 aliphatic heterocycles. The number of esters is 2. The van der Waals surface area contributed by atoms with Crippen LogP contribution in [0.3, 0.4) is 0 Å². The van der Waals surface area contributed by atoms with Gasteiger partial charge in [0.1, 0.15) is 6.61 Å². The van der Waals surface area contributed by atoms with Crippen molar-refractivity contribution < 1.29 is 38.2 Å². The molecule has 0 aliphatic rings. The second kappa shape index (κ2) is 46.3. The van der Waals surface area contributed by atoms with Gasteiger partial charge in [-0.15, -0.1) is 0 Å². The number of carboxylic acids is 1. The average Bonchev–Trinajstić information content (AvgIpc) is 3.26. The van der Waals surface area contributed by atoms with E-state index >= 15 is 0 Å². The summed E-state index contributed by atoms with van der Waals surface area (Å²) in [7, 11) is 5.51. The summed E-state index contributed by atoms with van der Waals surface area (Å²) in [5.41, 5.74) is 0. The number of aliphatic carboxylic acids is 1. The number of likely N-dealkylation sites (N-methyl/N-ethyl adjacent to an activating group) is 1. The molecular formula is C56H98NO7+. The van der Waals surface area contributed by atoms with Gasteiger partial charge in [-0.2, -0.15) is 0 Å². The SMILES string of the molecule is CC/C=C/C/C=C/C/C=C/C/C=C/C/C=C/C/C=C/CCC(=O)OC(COCCC(C(=O)O)[N+](C)(C)C)COC(=O)CCCCCCCCCCCCCCCCCCCCCCC. The van der Waals surface area contributed by atoms with Crippen molar-refractivity contribution in [2.75, 3.05) is 41.0 Å². The quantitative estimate of drug-likeness (QED) is 0.0281.